The highest BCUT2D eigenvalue weighted by atomic mass is 14.1. The molecule has 0 radical (unpaired) electrons. The smallest absolute Gasteiger partial charge is 0.0253 e. The van der Waals surface area contributed by atoms with Crippen LogP contribution in [0.3, 0.4) is 0 Å². The van der Waals surface area contributed by atoms with Crippen LogP contribution in [0.15, 0.2) is 42.5 Å². The normalized spacial score (nSPS) is 10.7. The fourth-order valence-corrected chi connectivity index (χ4v) is 2.79. The summed E-state index contributed by atoms with van der Waals surface area (Å²) >= 11 is 0. The van der Waals surface area contributed by atoms with Crippen LogP contribution < -0.4 is 0 Å². The summed E-state index contributed by atoms with van der Waals surface area (Å²) in [5, 5.41) is 0. The van der Waals surface area contributed by atoms with Crippen LogP contribution in [0.5, 0.6) is 0 Å². The molecule has 0 atom stereocenters. The van der Waals surface area contributed by atoms with Gasteiger partial charge in [-0.2, -0.15) is 0 Å². The zero-order valence-corrected chi connectivity index (χ0v) is 16.1. The van der Waals surface area contributed by atoms with Gasteiger partial charge in [0.15, 0.2) is 0 Å². The maximum Gasteiger partial charge on any atom is -0.0253 e. The molecule has 0 nitrogen and oxygen atoms in total. The van der Waals surface area contributed by atoms with Gasteiger partial charge in [0.1, 0.15) is 0 Å². The van der Waals surface area contributed by atoms with Crippen molar-refractivity contribution in [3.8, 4) is 0 Å². The zero-order valence-electron chi connectivity index (χ0n) is 16.1. The first kappa shape index (κ1) is 19.5. The largest absolute Gasteiger partial charge is 0.0625 e. The second-order valence-corrected chi connectivity index (χ2v) is 7.55. The van der Waals surface area contributed by atoms with E-state index < -0.39 is 0 Å². The van der Waals surface area contributed by atoms with Crippen LogP contribution in [0.2, 0.25) is 0 Å². The van der Waals surface area contributed by atoms with Crippen molar-refractivity contribution in [3.05, 3.63) is 70.3 Å². The summed E-state index contributed by atoms with van der Waals surface area (Å²) in [7, 11) is 0. The molecule has 0 saturated carbocycles. The summed E-state index contributed by atoms with van der Waals surface area (Å²) in [5.74, 6) is 1.52. The van der Waals surface area contributed by atoms with Gasteiger partial charge >= 0.3 is 0 Å². The van der Waals surface area contributed by atoms with Gasteiger partial charge < -0.3 is 0 Å². The number of aryl methyl sites for hydroxylation is 3. The molecule has 0 fully saturated rings. The summed E-state index contributed by atoms with van der Waals surface area (Å²) in [6.07, 6.45) is 2.40. The second-order valence-electron chi connectivity index (χ2n) is 7.55. The topological polar surface area (TPSA) is 0 Å². The molecule has 0 bridgehead atoms. The molecule has 0 aliphatic heterocycles. The minimum atomic E-state index is 0.756. The van der Waals surface area contributed by atoms with Crippen LogP contribution in [-0.4, -0.2) is 0 Å². The molecule has 0 saturated heterocycles. The Kier molecular flexibility index (Phi) is 8.09. The Morgan fingerprint density at radius 1 is 0.652 bits per heavy atom. The quantitative estimate of drug-likeness (QED) is 0.589. The van der Waals surface area contributed by atoms with E-state index in [1.54, 1.807) is 0 Å². The zero-order chi connectivity index (χ0) is 17.4. The molecule has 0 heterocycles. The fraction of sp³-hybridized carbons (Fsp3) is 0.478. The fourth-order valence-electron chi connectivity index (χ4n) is 2.79. The molecular formula is C23H34. The number of benzene rings is 2. The third-order valence-corrected chi connectivity index (χ3v) is 4.02. The summed E-state index contributed by atoms with van der Waals surface area (Å²) in [6.45, 7) is 15.6. The lowest BCUT2D eigenvalue weighted by Gasteiger charge is -2.08. The lowest BCUT2D eigenvalue weighted by atomic mass is 9.97. The third kappa shape index (κ3) is 7.50. The predicted octanol–water partition coefficient (Wildman–Crippen LogP) is 6.70. The van der Waals surface area contributed by atoms with Crippen molar-refractivity contribution in [1.82, 2.24) is 0 Å². The van der Waals surface area contributed by atoms with E-state index in [2.05, 4.69) is 90.9 Å². The molecule has 2 aromatic carbocycles. The standard InChI is InChI=1S/C12H18.C11H16/c1-9(2)7-12-6-5-10(3)8-11(12)4;1-9(2)8-11-7-5-4-6-10(11)3/h5-6,8-9H,7H2,1-4H3;4-7,9H,8H2,1-3H3. The molecule has 2 rings (SSSR count). The van der Waals surface area contributed by atoms with Crippen molar-refractivity contribution < 1.29 is 0 Å². The molecule has 0 aromatic heterocycles. The Hall–Kier alpha value is -1.56. The van der Waals surface area contributed by atoms with E-state index in [1.165, 1.54) is 40.7 Å². The molecular weight excluding hydrogens is 276 g/mol. The average molecular weight is 311 g/mol. The highest BCUT2D eigenvalue weighted by molar-refractivity contribution is 5.30. The van der Waals surface area contributed by atoms with Crippen LogP contribution >= 0.6 is 0 Å². The number of rotatable bonds is 4. The minimum Gasteiger partial charge on any atom is -0.0625 e. The van der Waals surface area contributed by atoms with E-state index in [9.17, 15) is 0 Å². The van der Waals surface area contributed by atoms with E-state index in [0.717, 1.165) is 11.8 Å². The van der Waals surface area contributed by atoms with Crippen LogP contribution in [0, 0.1) is 32.6 Å². The first-order valence-corrected chi connectivity index (χ1v) is 8.90. The Labute approximate surface area is 144 Å². The maximum atomic E-state index is 2.26. The van der Waals surface area contributed by atoms with Gasteiger partial charge in [0, 0.05) is 0 Å². The van der Waals surface area contributed by atoms with Crippen LogP contribution in [0.1, 0.15) is 55.5 Å². The van der Waals surface area contributed by atoms with Gasteiger partial charge in [-0.25, -0.2) is 0 Å². The van der Waals surface area contributed by atoms with Crippen LogP contribution in [0.4, 0.5) is 0 Å². The van der Waals surface area contributed by atoms with Gasteiger partial charge in [0.2, 0.25) is 0 Å². The Morgan fingerprint density at radius 2 is 1.17 bits per heavy atom. The van der Waals surface area contributed by atoms with Gasteiger partial charge in [0.25, 0.3) is 0 Å². The van der Waals surface area contributed by atoms with Crippen molar-refractivity contribution in [1.29, 1.82) is 0 Å². The molecule has 0 unspecified atom stereocenters. The van der Waals surface area contributed by atoms with Crippen molar-refractivity contribution in [2.45, 2.75) is 61.3 Å². The summed E-state index contributed by atoms with van der Waals surface area (Å²) in [4.78, 5) is 0. The van der Waals surface area contributed by atoms with E-state index in [-0.39, 0.29) is 0 Å². The monoisotopic (exact) mass is 310 g/mol. The Morgan fingerprint density at radius 3 is 1.65 bits per heavy atom. The molecule has 0 N–H and O–H groups in total. The highest BCUT2D eigenvalue weighted by Gasteiger charge is 2.01. The van der Waals surface area contributed by atoms with E-state index >= 15 is 0 Å². The number of hydrogen-bond acceptors (Lipinski definition) is 0. The van der Waals surface area contributed by atoms with Gasteiger partial charge in [-0.3, -0.25) is 0 Å². The Bertz CT molecular complexity index is 591. The van der Waals surface area contributed by atoms with E-state index in [4.69, 9.17) is 0 Å². The lowest BCUT2D eigenvalue weighted by molar-refractivity contribution is 0.645. The van der Waals surface area contributed by atoms with E-state index in [0.29, 0.717) is 0 Å². The Balaban J connectivity index is 0.000000231. The molecule has 0 heteroatoms. The minimum absolute atomic E-state index is 0.756. The lowest BCUT2D eigenvalue weighted by Crippen LogP contribution is -1.96. The van der Waals surface area contributed by atoms with Crippen molar-refractivity contribution in [2.75, 3.05) is 0 Å². The van der Waals surface area contributed by atoms with Crippen molar-refractivity contribution in [3.63, 3.8) is 0 Å². The maximum absolute atomic E-state index is 2.26. The van der Waals surface area contributed by atoms with Crippen molar-refractivity contribution >= 4 is 0 Å². The molecule has 0 spiro atoms. The summed E-state index contributed by atoms with van der Waals surface area (Å²) in [6, 6.07) is 15.3. The molecule has 0 aliphatic carbocycles. The van der Waals surface area contributed by atoms with Gasteiger partial charge in [-0.05, 0) is 67.7 Å². The van der Waals surface area contributed by atoms with Crippen LogP contribution in [-0.2, 0) is 12.8 Å². The third-order valence-electron chi connectivity index (χ3n) is 4.02. The molecule has 2 aromatic rings. The first-order valence-electron chi connectivity index (χ1n) is 8.90. The highest BCUT2D eigenvalue weighted by Crippen LogP contribution is 2.14. The van der Waals surface area contributed by atoms with Crippen molar-refractivity contribution in [2.24, 2.45) is 11.8 Å². The summed E-state index contributed by atoms with van der Waals surface area (Å²) in [5.41, 5.74) is 7.20. The van der Waals surface area contributed by atoms with E-state index in [1.807, 2.05) is 0 Å². The van der Waals surface area contributed by atoms with Crippen LogP contribution in [0.25, 0.3) is 0 Å². The predicted molar refractivity (Wildman–Crippen MR) is 104 cm³/mol. The average Bonchev–Trinajstić information content (AvgIpc) is 2.44. The van der Waals surface area contributed by atoms with Gasteiger partial charge in [0.05, 0.1) is 0 Å². The number of hydrogen-bond donors (Lipinski definition) is 0. The molecule has 0 aliphatic rings. The molecule has 23 heavy (non-hydrogen) atoms. The second kappa shape index (κ2) is 9.55. The SMILES string of the molecule is Cc1ccc(CC(C)C)c(C)c1.Cc1ccccc1CC(C)C. The molecule has 0 amide bonds. The first-order chi connectivity index (χ1) is 10.8. The summed E-state index contributed by atoms with van der Waals surface area (Å²) < 4.78 is 0. The van der Waals surface area contributed by atoms with Gasteiger partial charge in [-0.15, -0.1) is 0 Å². The molecule has 126 valence electrons. The van der Waals surface area contributed by atoms with Gasteiger partial charge in [-0.1, -0.05) is 75.7 Å².